The van der Waals surface area contributed by atoms with Gasteiger partial charge >= 0.3 is 0 Å². The van der Waals surface area contributed by atoms with Gasteiger partial charge in [0, 0.05) is 24.2 Å². The number of carbonyl (C=O) groups excluding carboxylic acids is 1. The van der Waals surface area contributed by atoms with Gasteiger partial charge in [0.05, 0.1) is 16.9 Å². The van der Waals surface area contributed by atoms with Crippen molar-refractivity contribution < 1.29 is 18.0 Å². The molecule has 1 aliphatic heterocycles. The van der Waals surface area contributed by atoms with Gasteiger partial charge < -0.3 is 5.73 Å². The largest absolute Gasteiger partial charge is 0.369 e. The lowest BCUT2D eigenvalue weighted by Gasteiger charge is -2.27. The average Bonchev–Trinajstić information content (AvgIpc) is 3.34. The van der Waals surface area contributed by atoms with Crippen LogP contribution in [0.3, 0.4) is 0 Å². The Labute approximate surface area is 167 Å². The minimum absolute atomic E-state index is 0.0488. The quantitative estimate of drug-likeness (QED) is 0.707. The van der Waals surface area contributed by atoms with E-state index < -0.39 is 29.8 Å². The predicted octanol–water partition coefficient (Wildman–Crippen LogP) is 2.98. The minimum atomic E-state index is -1.80. The van der Waals surface area contributed by atoms with Gasteiger partial charge in [-0.3, -0.25) is 14.7 Å². The topological polar surface area (TPSA) is 84.5 Å². The van der Waals surface area contributed by atoms with Crippen LogP contribution in [0.1, 0.15) is 16.8 Å². The van der Waals surface area contributed by atoms with E-state index in [-0.39, 0.29) is 34.0 Å². The van der Waals surface area contributed by atoms with E-state index in [0.717, 1.165) is 11.0 Å². The second-order valence-corrected chi connectivity index (χ2v) is 7.13. The number of halogens is 3. The Hall–Kier alpha value is -3.27. The minimum Gasteiger partial charge on any atom is -0.369 e. The van der Waals surface area contributed by atoms with E-state index in [4.69, 9.17) is 5.73 Å². The summed E-state index contributed by atoms with van der Waals surface area (Å²) in [5.74, 6) is -2.94. The second-order valence-electron chi connectivity index (χ2n) is 6.41. The number of nitrogens with zero attached hydrogens (tertiary/aromatic N) is 4. The van der Waals surface area contributed by atoms with E-state index >= 15 is 0 Å². The highest BCUT2D eigenvalue weighted by atomic mass is 32.1. The fraction of sp³-hybridized carbons (Fsp3) is 0.158. The standard InChI is InChI=1S/C19H14F3N5OS/c1-27-17(28)19(26-18(27)23,10-2-3-24-12(4-10)7-20)11-5-13(15-8-29-9-25-15)16(22)14(21)6-11/h2-6,8-9H,7H2,1H3,(H2,23,26). The summed E-state index contributed by atoms with van der Waals surface area (Å²) in [5, 5.41) is 1.56. The number of guanidine groups is 1. The van der Waals surface area contributed by atoms with E-state index in [1.54, 1.807) is 5.38 Å². The number of nitrogens with two attached hydrogens (primary N) is 1. The molecule has 1 atom stereocenters. The third kappa shape index (κ3) is 2.87. The molecule has 1 aliphatic rings. The van der Waals surface area contributed by atoms with Crippen LogP contribution in [-0.4, -0.2) is 33.8 Å². The fourth-order valence-electron chi connectivity index (χ4n) is 3.29. The van der Waals surface area contributed by atoms with E-state index in [0.29, 0.717) is 0 Å². The number of aromatic nitrogens is 2. The summed E-state index contributed by atoms with van der Waals surface area (Å²) in [5.41, 5.74) is 6.03. The maximum atomic E-state index is 14.6. The number of carbonyl (C=O) groups is 1. The van der Waals surface area contributed by atoms with Crippen molar-refractivity contribution in [1.29, 1.82) is 0 Å². The Bertz CT molecular complexity index is 1130. The number of likely N-dealkylation sites (N-methyl/N-ethyl adjacent to an activating group) is 1. The summed E-state index contributed by atoms with van der Waals surface area (Å²) in [6, 6.07) is 5.04. The highest BCUT2D eigenvalue weighted by Gasteiger charge is 2.50. The second kappa shape index (κ2) is 6.96. The molecule has 0 spiro atoms. The summed E-state index contributed by atoms with van der Waals surface area (Å²) in [7, 11) is 1.42. The predicted molar refractivity (Wildman–Crippen MR) is 102 cm³/mol. The molecular formula is C19H14F3N5OS. The third-order valence-electron chi connectivity index (χ3n) is 4.77. The van der Waals surface area contributed by atoms with Crippen LogP contribution in [0.4, 0.5) is 13.2 Å². The number of rotatable bonds is 4. The number of aliphatic imine (C=N–C) groups is 1. The van der Waals surface area contributed by atoms with Crippen LogP contribution in [0.5, 0.6) is 0 Å². The van der Waals surface area contributed by atoms with Crippen molar-refractivity contribution in [2.45, 2.75) is 12.2 Å². The molecular weight excluding hydrogens is 403 g/mol. The zero-order valence-corrected chi connectivity index (χ0v) is 15.9. The van der Waals surface area contributed by atoms with Crippen molar-refractivity contribution >= 4 is 23.2 Å². The lowest BCUT2D eigenvalue weighted by Crippen LogP contribution is -2.41. The number of alkyl halides is 1. The molecule has 2 N–H and O–H groups in total. The molecule has 0 bridgehead atoms. The molecule has 1 unspecified atom stereocenters. The van der Waals surface area contributed by atoms with Gasteiger partial charge in [0.1, 0.15) is 6.67 Å². The third-order valence-corrected chi connectivity index (χ3v) is 5.35. The molecule has 148 valence electrons. The molecule has 6 nitrogen and oxygen atoms in total. The first kappa shape index (κ1) is 19.1. The zero-order chi connectivity index (χ0) is 20.8. The Morgan fingerprint density at radius 1 is 1.21 bits per heavy atom. The highest BCUT2D eigenvalue weighted by Crippen LogP contribution is 2.41. The van der Waals surface area contributed by atoms with Crippen LogP contribution in [0.2, 0.25) is 0 Å². The number of hydrogen-bond acceptors (Lipinski definition) is 6. The van der Waals surface area contributed by atoms with E-state index in [2.05, 4.69) is 15.0 Å². The number of amides is 1. The van der Waals surface area contributed by atoms with Gasteiger partial charge in [-0.2, -0.15) is 0 Å². The molecule has 4 rings (SSSR count). The molecule has 1 amide bonds. The summed E-state index contributed by atoms with van der Waals surface area (Å²) in [6.45, 7) is -0.866. The van der Waals surface area contributed by atoms with Crippen molar-refractivity contribution in [2.75, 3.05) is 7.05 Å². The number of hydrogen-bond donors (Lipinski definition) is 1. The maximum absolute atomic E-state index is 14.6. The van der Waals surface area contributed by atoms with Gasteiger partial charge in [-0.05, 0) is 35.4 Å². The average molecular weight is 417 g/mol. The van der Waals surface area contributed by atoms with Gasteiger partial charge in [-0.25, -0.2) is 23.1 Å². The van der Waals surface area contributed by atoms with Crippen LogP contribution >= 0.6 is 11.3 Å². The summed E-state index contributed by atoms with van der Waals surface area (Å²) in [4.78, 5) is 26.5. The zero-order valence-electron chi connectivity index (χ0n) is 15.1. The summed E-state index contributed by atoms with van der Waals surface area (Å²) < 4.78 is 42.3. The Morgan fingerprint density at radius 2 is 2.00 bits per heavy atom. The summed E-state index contributed by atoms with van der Waals surface area (Å²) in [6.07, 6.45) is 1.32. The van der Waals surface area contributed by atoms with Crippen LogP contribution in [-0.2, 0) is 17.0 Å². The molecule has 0 radical (unpaired) electrons. The Kier molecular flexibility index (Phi) is 4.58. The number of pyridine rings is 1. The Balaban J connectivity index is 2.03. The molecule has 0 saturated heterocycles. The van der Waals surface area contributed by atoms with Crippen molar-refractivity contribution in [3.05, 3.63) is 69.8 Å². The first-order chi connectivity index (χ1) is 13.9. The lowest BCUT2D eigenvalue weighted by atomic mass is 9.82. The van der Waals surface area contributed by atoms with Crippen LogP contribution < -0.4 is 5.73 Å². The number of benzene rings is 1. The molecule has 1 aromatic carbocycles. The van der Waals surface area contributed by atoms with E-state index in [9.17, 15) is 18.0 Å². The molecule has 29 heavy (non-hydrogen) atoms. The van der Waals surface area contributed by atoms with Crippen LogP contribution in [0, 0.1) is 11.6 Å². The van der Waals surface area contributed by atoms with Gasteiger partial charge in [0.15, 0.2) is 23.1 Å². The lowest BCUT2D eigenvalue weighted by molar-refractivity contribution is -0.129. The molecule has 10 heteroatoms. The van der Waals surface area contributed by atoms with E-state index in [1.807, 2.05) is 0 Å². The van der Waals surface area contributed by atoms with Gasteiger partial charge in [0.2, 0.25) is 0 Å². The molecule has 0 fully saturated rings. The summed E-state index contributed by atoms with van der Waals surface area (Å²) >= 11 is 1.22. The van der Waals surface area contributed by atoms with E-state index in [1.165, 1.54) is 48.3 Å². The van der Waals surface area contributed by atoms with Gasteiger partial charge in [0.25, 0.3) is 5.91 Å². The van der Waals surface area contributed by atoms with Crippen molar-refractivity contribution in [1.82, 2.24) is 14.9 Å². The maximum Gasteiger partial charge on any atom is 0.266 e. The normalized spacial score (nSPS) is 19.0. The number of thiazole rings is 1. The highest BCUT2D eigenvalue weighted by molar-refractivity contribution is 7.07. The van der Waals surface area contributed by atoms with Gasteiger partial charge in [-0.1, -0.05) is 0 Å². The molecule has 2 aromatic heterocycles. The van der Waals surface area contributed by atoms with Crippen molar-refractivity contribution in [2.24, 2.45) is 10.7 Å². The SMILES string of the molecule is CN1C(=O)C(c2ccnc(CF)c2)(c2cc(F)c(F)c(-c3cscn3)c2)N=C1N. The van der Waals surface area contributed by atoms with Crippen LogP contribution in [0.25, 0.3) is 11.3 Å². The molecule has 3 aromatic rings. The first-order valence-corrected chi connectivity index (χ1v) is 9.35. The fourth-order valence-corrected chi connectivity index (χ4v) is 3.84. The van der Waals surface area contributed by atoms with Crippen molar-refractivity contribution in [3.63, 3.8) is 0 Å². The Morgan fingerprint density at radius 3 is 2.62 bits per heavy atom. The van der Waals surface area contributed by atoms with Crippen LogP contribution in [0.15, 0.2) is 46.3 Å². The first-order valence-electron chi connectivity index (χ1n) is 8.41. The molecule has 0 aliphatic carbocycles. The smallest absolute Gasteiger partial charge is 0.266 e. The van der Waals surface area contributed by atoms with Crippen molar-refractivity contribution in [3.8, 4) is 11.3 Å². The monoisotopic (exact) mass is 417 g/mol. The molecule has 0 saturated carbocycles. The molecule has 3 heterocycles. The van der Waals surface area contributed by atoms with Gasteiger partial charge in [-0.15, -0.1) is 11.3 Å².